The Kier molecular flexibility index (Phi) is 3.69. The molecule has 2 aromatic carbocycles. The predicted octanol–water partition coefficient (Wildman–Crippen LogP) is 4.32. The molecule has 0 aliphatic rings. The first-order valence-electron chi connectivity index (χ1n) is 4.84. The molecule has 0 saturated heterocycles. The van der Waals surface area contributed by atoms with Crippen molar-refractivity contribution in [2.75, 3.05) is 0 Å². The average Bonchev–Trinajstić information content (AvgIpc) is 2.27. The third-order valence-electron chi connectivity index (χ3n) is 2.21. The van der Waals surface area contributed by atoms with Gasteiger partial charge in [-0.1, -0.05) is 24.3 Å². The molecule has 0 bridgehead atoms. The van der Waals surface area contributed by atoms with Gasteiger partial charge in [0.25, 0.3) is 0 Å². The van der Waals surface area contributed by atoms with E-state index in [0.717, 1.165) is 5.39 Å². The summed E-state index contributed by atoms with van der Waals surface area (Å²) in [5, 5.41) is 1.17. The van der Waals surface area contributed by atoms with E-state index in [1.807, 2.05) is 0 Å². The molecule has 0 atom stereocenters. The van der Waals surface area contributed by atoms with Crippen LogP contribution in [-0.2, 0) is 0 Å². The number of fused-ring (bicyclic) bond motifs is 1. The molecule has 0 N–H and O–H groups in total. The number of benzene rings is 2. The minimum Gasteiger partial charge on any atom is -0.414 e. The fraction of sp³-hybridized carbons (Fsp3) is 0. The van der Waals surface area contributed by atoms with Crippen LogP contribution in [0.4, 0.5) is 9.59 Å². The normalized spacial score (nSPS) is 10.1. The maximum atomic E-state index is 10.8. The highest BCUT2D eigenvalue weighted by Crippen LogP contribution is 2.34. The highest BCUT2D eigenvalue weighted by molar-refractivity contribution is 6.61. The lowest BCUT2D eigenvalue weighted by Crippen LogP contribution is -2.00. The van der Waals surface area contributed by atoms with Gasteiger partial charge in [0, 0.05) is 23.2 Å². The molecule has 2 aromatic rings. The number of hydrogen-bond donors (Lipinski definition) is 0. The van der Waals surface area contributed by atoms with Gasteiger partial charge < -0.3 is 9.47 Å². The first-order valence-corrected chi connectivity index (χ1v) is 5.60. The van der Waals surface area contributed by atoms with Crippen LogP contribution in [0.25, 0.3) is 10.8 Å². The van der Waals surface area contributed by atoms with Crippen LogP contribution in [0, 0.1) is 0 Å². The minimum absolute atomic E-state index is 0.195. The standard InChI is InChI=1S/C12H6Cl2O4/c13-11(15)17-8-5-1-3-7-4-2-6-9(10(7)8)18-12(14)16/h1-6H. The zero-order chi connectivity index (χ0) is 13.1. The van der Waals surface area contributed by atoms with E-state index in [4.69, 9.17) is 32.7 Å². The molecule has 0 heterocycles. The second-order valence-electron chi connectivity index (χ2n) is 3.29. The molecule has 0 spiro atoms. The Morgan fingerprint density at radius 3 is 1.67 bits per heavy atom. The van der Waals surface area contributed by atoms with Crippen LogP contribution in [0.5, 0.6) is 11.5 Å². The van der Waals surface area contributed by atoms with Gasteiger partial charge in [0.05, 0.1) is 5.39 Å². The molecule has 18 heavy (non-hydrogen) atoms. The Balaban J connectivity index is 2.63. The van der Waals surface area contributed by atoms with Crippen molar-refractivity contribution in [2.24, 2.45) is 0 Å². The van der Waals surface area contributed by atoms with E-state index in [0.29, 0.717) is 5.39 Å². The SMILES string of the molecule is O=C(Cl)Oc1cccc2cccc(OC(=O)Cl)c12. The summed E-state index contributed by atoms with van der Waals surface area (Å²) in [6.45, 7) is 0. The van der Waals surface area contributed by atoms with Crippen LogP contribution in [0.3, 0.4) is 0 Å². The Morgan fingerprint density at radius 1 is 0.833 bits per heavy atom. The molecule has 0 radical (unpaired) electrons. The van der Waals surface area contributed by atoms with E-state index in [1.54, 1.807) is 24.3 Å². The molecular weight excluding hydrogens is 279 g/mol. The summed E-state index contributed by atoms with van der Waals surface area (Å²) < 4.78 is 9.68. The Bertz CT molecular complexity index is 574. The molecule has 2 rings (SSSR count). The largest absolute Gasteiger partial charge is 0.414 e. The summed E-state index contributed by atoms with van der Waals surface area (Å²) in [6, 6.07) is 9.98. The first kappa shape index (κ1) is 12.7. The van der Waals surface area contributed by atoms with E-state index >= 15 is 0 Å². The second kappa shape index (κ2) is 5.25. The van der Waals surface area contributed by atoms with Crippen molar-refractivity contribution in [1.29, 1.82) is 0 Å². The topological polar surface area (TPSA) is 52.6 Å². The van der Waals surface area contributed by atoms with E-state index in [-0.39, 0.29) is 11.5 Å². The van der Waals surface area contributed by atoms with E-state index < -0.39 is 10.9 Å². The molecule has 0 aromatic heterocycles. The number of carbonyl (C=O) groups is 2. The number of hydrogen-bond acceptors (Lipinski definition) is 4. The summed E-state index contributed by atoms with van der Waals surface area (Å²) in [7, 11) is 0. The van der Waals surface area contributed by atoms with E-state index in [2.05, 4.69) is 0 Å². The van der Waals surface area contributed by atoms with Crippen molar-refractivity contribution in [3.05, 3.63) is 36.4 Å². The Hall–Kier alpha value is -1.78. The summed E-state index contributed by atoms with van der Waals surface area (Å²) >= 11 is 10.4. The van der Waals surface area contributed by atoms with Crippen molar-refractivity contribution in [3.63, 3.8) is 0 Å². The molecule has 4 nitrogen and oxygen atoms in total. The highest BCUT2D eigenvalue weighted by atomic mass is 35.5. The van der Waals surface area contributed by atoms with Gasteiger partial charge >= 0.3 is 10.9 Å². The van der Waals surface area contributed by atoms with Gasteiger partial charge in [0.2, 0.25) is 0 Å². The molecule has 0 amide bonds. The summed E-state index contributed by atoms with van der Waals surface area (Å²) in [6.07, 6.45) is 0. The fourth-order valence-electron chi connectivity index (χ4n) is 1.62. The van der Waals surface area contributed by atoms with Crippen molar-refractivity contribution in [2.45, 2.75) is 0 Å². The highest BCUT2D eigenvalue weighted by Gasteiger charge is 2.12. The minimum atomic E-state index is -0.977. The van der Waals surface area contributed by atoms with Gasteiger partial charge in [-0.3, -0.25) is 0 Å². The number of halogens is 2. The molecule has 0 unspecified atom stereocenters. The average molecular weight is 285 g/mol. The van der Waals surface area contributed by atoms with Crippen LogP contribution in [0.1, 0.15) is 0 Å². The van der Waals surface area contributed by atoms with Crippen LogP contribution < -0.4 is 9.47 Å². The van der Waals surface area contributed by atoms with Crippen LogP contribution in [0.2, 0.25) is 0 Å². The fourth-order valence-corrected chi connectivity index (χ4v) is 1.78. The zero-order valence-corrected chi connectivity index (χ0v) is 10.4. The van der Waals surface area contributed by atoms with Gasteiger partial charge in [-0.15, -0.1) is 0 Å². The maximum Gasteiger partial charge on any atom is 0.409 e. The summed E-state index contributed by atoms with van der Waals surface area (Å²) in [5.41, 5.74) is -1.95. The van der Waals surface area contributed by atoms with Gasteiger partial charge in [-0.05, 0) is 17.5 Å². The van der Waals surface area contributed by atoms with Gasteiger partial charge in [-0.2, -0.15) is 0 Å². The van der Waals surface area contributed by atoms with E-state index in [1.165, 1.54) is 12.1 Å². The van der Waals surface area contributed by atoms with Crippen molar-refractivity contribution < 1.29 is 19.1 Å². The summed E-state index contributed by atoms with van der Waals surface area (Å²) in [4.78, 5) is 21.6. The van der Waals surface area contributed by atoms with Crippen LogP contribution in [-0.4, -0.2) is 10.9 Å². The molecule has 0 fully saturated rings. The lowest BCUT2D eigenvalue weighted by molar-refractivity contribution is 0.225. The molecule has 0 aliphatic carbocycles. The van der Waals surface area contributed by atoms with Crippen LogP contribution >= 0.6 is 23.2 Å². The lowest BCUT2D eigenvalue weighted by atomic mass is 10.1. The Morgan fingerprint density at radius 2 is 1.28 bits per heavy atom. The third-order valence-corrected chi connectivity index (χ3v) is 2.36. The first-order chi connectivity index (χ1) is 8.58. The van der Waals surface area contributed by atoms with Crippen LogP contribution in [0.15, 0.2) is 36.4 Å². The molecular formula is C12H6Cl2O4. The smallest absolute Gasteiger partial charge is 0.409 e. The third kappa shape index (κ3) is 2.72. The number of rotatable bonds is 2. The van der Waals surface area contributed by atoms with Gasteiger partial charge in [0.1, 0.15) is 11.5 Å². The molecule has 0 saturated carbocycles. The predicted molar refractivity (Wildman–Crippen MR) is 67.7 cm³/mol. The van der Waals surface area contributed by atoms with Crippen molar-refractivity contribution in [3.8, 4) is 11.5 Å². The summed E-state index contributed by atoms with van der Waals surface area (Å²) in [5.74, 6) is 0.391. The van der Waals surface area contributed by atoms with Gasteiger partial charge in [-0.25, -0.2) is 9.59 Å². The van der Waals surface area contributed by atoms with Gasteiger partial charge in [0.15, 0.2) is 0 Å². The quantitative estimate of drug-likeness (QED) is 0.771. The maximum absolute atomic E-state index is 10.8. The zero-order valence-electron chi connectivity index (χ0n) is 8.85. The molecule has 0 aliphatic heterocycles. The second-order valence-corrected chi connectivity index (χ2v) is 3.91. The van der Waals surface area contributed by atoms with Crippen molar-refractivity contribution >= 4 is 44.8 Å². The monoisotopic (exact) mass is 284 g/mol. The van der Waals surface area contributed by atoms with E-state index in [9.17, 15) is 9.59 Å². The number of ether oxygens (including phenoxy) is 2. The molecule has 92 valence electrons. The molecule has 6 heteroatoms. The van der Waals surface area contributed by atoms with Crippen molar-refractivity contribution in [1.82, 2.24) is 0 Å². The number of carbonyl (C=O) groups excluding carboxylic acids is 2. The lowest BCUT2D eigenvalue weighted by Gasteiger charge is -2.09. The Labute approximate surface area is 112 Å².